The van der Waals surface area contributed by atoms with Gasteiger partial charge in [0.15, 0.2) is 11.5 Å². The van der Waals surface area contributed by atoms with Gasteiger partial charge in [-0.15, -0.1) is 0 Å². The molecule has 3 heterocycles. The van der Waals surface area contributed by atoms with Crippen molar-refractivity contribution >= 4 is 22.5 Å². The van der Waals surface area contributed by atoms with Crippen molar-refractivity contribution in [1.82, 2.24) is 14.9 Å². The van der Waals surface area contributed by atoms with Crippen molar-refractivity contribution in [3.8, 4) is 0 Å². The molecule has 140 valence electrons. The highest BCUT2D eigenvalue weighted by Gasteiger charge is 2.32. The summed E-state index contributed by atoms with van der Waals surface area (Å²) in [6, 6.07) is 10.4. The van der Waals surface area contributed by atoms with Gasteiger partial charge in [-0.2, -0.15) is 0 Å². The number of aromatic amines is 1. The number of benzene rings is 1. The van der Waals surface area contributed by atoms with Crippen LogP contribution in [0, 0.1) is 0 Å². The highest BCUT2D eigenvalue weighted by molar-refractivity contribution is 6.26. The second-order valence-corrected chi connectivity index (χ2v) is 7.20. The molecule has 1 aromatic carbocycles. The minimum Gasteiger partial charge on any atom is -0.492 e. The molecule has 0 saturated carbocycles. The first kappa shape index (κ1) is 16.9. The van der Waals surface area contributed by atoms with Crippen molar-refractivity contribution in [2.45, 2.75) is 19.5 Å². The highest BCUT2D eigenvalue weighted by Crippen LogP contribution is 2.33. The Morgan fingerprint density at radius 1 is 1.21 bits per heavy atom. The number of hydrogen-bond acceptors (Lipinski definition) is 5. The van der Waals surface area contributed by atoms with Gasteiger partial charge in [0, 0.05) is 49.4 Å². The average molecular weight is 373 g/mol. The molecule has 0 unspecified atom stereocenters. The van der Waals surface area contributed by atoms with E-state index in [0.29, 0.717) is 11.1 Å². The summed E-state index contributed by atoms with van der Waals surface area (Å²) in [7, 11) is 1.38. The van der Waals surface area contributed by atoms with Crippen LogP contribution in [-0.4, -0.2) is 40.1 Å². The molecule has 1 aliphatic heterocycles. The van der Waals surface area contributed by atoms with Crippen LogP contribution < -0.4 is 0 Å². The SMILES string of the molecule is COC1=CC(=O)c2c(ncc3c4c([nH]c23)CCN(Cc2ccccc2)C4)C1=O. The fraction of sp³-hybridized carbons (Fsp3) is 0.227. The van der Waals surface area contributed by atoms with Gasteiger partial charge in [-0.25, -0.2) is 0 Å². The van der Waals surface area contributed by atoms with Crippen molar-refractivity contribution in [1.29, 1.82) is 0 Å². The fourth-order valence-corrected chi connectivity index (χ4v) is 4.14. The topological polar surface area (TPSA) is 75.3 Å². The Kier molecular flexibility index (Phi) is 3.87. The zero-order valence-corrected chi connectivity index (χ0v) is 15.5. The predicted molar refractivity (Wildman–Crippen MR) is 104 cm³/mol. The summed E-state index contributed by atoms with van der Waals surface area (Å²) in [6.07, 6.45) is 3.83. The number of H-pyrrole nitrogens is 1. The molecule has 6 nitrogen and oxygen atoms in total. The Bertz CT molecular complexity index is 1140. The van der Waals surface area contributed by atoms with E-state index >= 15 is 0 Å². The number of pyridine rings is 1. The molecule has 0 bridgehead atoms. The van der Waals surface area contributed by atoms with E-state index in [-0.39, 0.29) is 23.0 Å². The van der Waals surface area contributed by atoms with Crippen molar-refractivity contribution in [2.75, 3.05) is 13.7 Å². The fourth-order valence-electron chi connectivity index (χ4n) is 4.14. The zero-order chi connectivity index (χ0) is 19.3. The first-order valence-corrected chi connectivity index (χ1v) is 9.29. The number of allylic oxidation sites excluding steroid dienone is 2. The van der Waals surface area contributed by atoms with Crippen molar-refractivity contribution < 1.29 is 14.3 Å². The molecule has 0 amide bonds. The van der Waals surface area contributed by atoms with Gasteiger partial charge in [0.2, 0.25) is 5.78 Å². The predicted octanol–water partition coefficient (Wildman–Crippen LogP) is 3.03. The lowest BCUT2D eigenvalue weighted by molar-refractivity contribution is 0.0912. The number of hydrogen-bond donors (Lipinski definition) is 1. The lowest BCUT2D eigenvalue weighted by Crippen LogP contribution is -2.29. The Morgan fingerprint density at radius 2 is 2.04 bits per heavy atom. The molecule has 0 radical (unpaired) electrons. The number of aromatic nitrogens is 2. The maximum atomic E-state index is 12.7. The molecule has 3 aromatic rings. The van der Waals surface area contributed by atoms with Crippen LogP contribution in [0.1, 0.15) is 37.7 Å². The van der Waals surface area contributed by atoms with Gasteiger partial charge in [-0.05, 0) is 11.1 Å². The van der Waals surface area contributed by atoms with Crippen LogP contribution in [0.5, 0.6) is 0 Å². The van der Waals surface area contributed by atoms with Crippen molar-refractivity contribution in [3.63, 3.8) is 0 Å². The van der Waals surface area contributed by atoms with E-state index in [1.54, 1.807) is 6.20 Å². The first-order valence-electron chi connectivity index (χ1n) is 9.29. The number of carbonyl (C=O) groups excluding carboxylic acids is 2. The molecule has 2 aliphatic rings. The molecule has 5 rings (SSSR count). The number of rotatable bonds is 3. The summed E-state index contributed by atoms with van der Waals surface area (Å²) >= 11 is 0. The van der Waals surface area contributed by atoms with E-state index in [2.05, 4.69) is 39.1 Å². The molecule has 2 aromatic heterocycles. The molecule has 1 N–H and O–H groups in total. The third-order valence-corrected chi connectivity index (χ3v) is 5.52. The van der Waals surface area contributed by atoms with Crippen LogP contribution in [0.2, 0.25) is 0 Å². The molecular formula is C22H19N3O3. The molecule has 0 fully saturated rings. The molecule has 0 saturated heterocycles. The van der Waals surface area contributed by atoms with E-state index in [0.717, 1.165) is 42.7 Å². The number of Topliss-reactive ketones (excluding diaryl/α,β-unsaturated/α-hetero) is 1. The van der Waals surface area contributed by atoms with E-state index in [1.807, 2.05) is 6.07 Å². The number of ketones is 2. The van der Waals surface area contributed by atoms with Crippen LogP contribution >= 0.6 is 0 Å². The number of nitrogens with zero attached hydrogens (tertiary/aromatic N) is 2. The summed E-state index contributed by atoms with van der Waals surface area (Å²) < 4.78 is 5.03. The van der Waals surface area contributed by atoms with E-state index in [1.165, 1.54) is 18.7 Å². The van der Waals surface area contributed by atoms with Crippen LogP contribution in [0.4, 0.5) is 0 Å². The molecule has 28 heavy (non-hydrogen) atoms. The van der Waals surface area contributed by atoms with Gasteiger partial charge in [0.05, 0.1) is 18.2 Å². The summed E-state index contributed by atoms with van der Waals surface area (Å²) in [5, 5.41) is 0.918. The van der Waals surface area contributed by atoms with Gasteiger partial charge in [0.1, 0.15) is 5.69 Å². The second-order valence-electron chi connectivity index (χ2n) is 7.20. The number of carbonyl (C=O) groups is 2. The van der Waals surface area contributed by atoms with Crippen LogP contribution in [0.3, 0.4) is 0 Å². The lowest BCUT2D eigenvalue weighted by Gasteiger charge is -2.27. The van der Waals surface area contributed by atoms with Crippen molar-refractivity contribution in [2.24, 2.45) is 0 Å². The van der Waals surface area contributed by atoms with E-state index in [9.17, 15) is 9.59 Å². The Labute approximate surface area is 161 Å². The van der Waals surface area contributed by atoms with Crippen molar-refractivity contribution in [3.05, 3.63) is 76.4 Å². The third-order valence-electron chi connectivity index (χ3n) is 5.52. The van der Waals surface area contributed by atoms with Gasteiger partial charge in [0.25, 0.3) is 0 Å². The molecule has 6 heteroatoms. The number of ether oxygens (including phenoxy) is 1. The summed E-state index contributed by atoms with van der Waals surface area (Å²) in [6.45, 7) is 2.60. The largest absolute Gasteiger partial charge is 0.492 e. The maximum Gasteiger partial charge on any atom is 0.246 e. The third kappa shape index (κ3) is 2.57. The number of nitrogens with one attached hydrogen (secondary N) is 1. The van der Waals surface area contributed by atoms with Crippen LogP contribution in [0.25, 0.3) is 10.9 Å². The van der Waals surface area contributed by atoms with E-state index in [4.69, 9.17) is 4.74 Å². The minimum absolute atomic E-state index is 0.0368. The Balaban J connectivity index is 1.54. The molecule has 1 aliphatic carbocycles. The van der Waals surface area contributed by atoms with Crippen LogP contribution in [0.15, 0.2) is 48.4 Å². The summed E-state index contributed by atoms with van der Waals surface area (Å²) in [5.74, 6) is -0.559. The normalized spacial score (nSPS) is 16.7. The maximum absolute atomic E-state index is 12.7. The molecule has 0 atom stereocenters. The quantitative estimate of drug-likeness (QED) is 0.764. The highest BCUT2D eigenvalue weighted by atomic mass is 16.5. The average Bonchev–Trinajstić information content (AvgIpc) is 3.09. The van der Waals surface area contributed by atoms with Gasteiger partial charge in [-0.1, -0.05) is 30.3 Å². The van der Waals surface area contributed by atoms with Gasteiger partial charge in [-0.3, -0.25) is 19.5 Å². The van der Waals surface area contributed by atoms with Gasteiger partial charge < -0.3 is 9.72 Å². The summed E-state index contributed by atoms with van der Waals surface area (Å²) in [5.41, 5.74) is 4.79. The second kappa shape index (κ2) is 6.42. The Hall–Kier alpha value is -3.25. The number of methoxy groups -OCH3 is 1. The number of fused-ring (bicyclic) bond motifs is 5. The van der Waals surface area contributed by atoms with E-state index < -0.39 is 0 Å². The van der Waals surface area contributed by atoms with Crippen LogP contribution in [-0.2, 0) is 24.2 Å². The standard InChI is InChI=1S/C22H19N3O3/c1-28-18-9-17(26)19-20-14(10-23-21(19)22(18)27)15-12-25(8-7-16(15)24-20)11-13-5-3-2-4-6-13/h2-6,9-10,24H,7-8,11-12H2,1H3. The van der Waals surface area contributed by atoms with Gasteiger partial charge >= 0.3 is 0 Å². The summed E-state index contributed by atoms with van der Waals surface area (Å²) in [4.78, 5) is 35.3. The molecule has 0 spiro atoms. The monoisotopic (exact) mass is 373 g/mol. The minimum atomic E-state index is -0.350. The molecular weight excluding hydrogens is 354 g/mol. The Morgan fingerprint density at radius 3 is 2.82 bits per heavy atom. The first-order chi connectivity index (χ1) is 13.7. The smallest absolute Gasteiger partial charge is 0.246 e. The zero-order valence-electron chi connectivity index (χ0n) is 15.5. The lowest BCUT2D eigenvalue weighted by atomic mass is 9.95.